The SMILES string of the molecule is NCCCC(=O)NCC(N)=O. The highest BCUT2D eigenvalue weighted by Crippen LogP contribution is 1.83. The fourth-order valence-corrected chi connectivity index (χ4v) is 0.537. The second kappa shape index (κ2) is 5.67. The van der Waals surface area contributed by atoms with Gasteiger partial charge in [0.05, 0.1) is 6.54 Å². The predicted octanol–water partition coefficient (Wildman–Crippen LogP) is -1.67. The number of hydrogen-bond acceptors (Lipinski definition) is 3. The van der Waals surface area contributed by atoms with Crippen LogP contribution in [0.2, 0.25) is 0 Å². The van der Waals surface area contributed by atoms with Gasteiger partial charge >= 0.3 is 0 Å². The summed E-state index contributed by atoms with van der Waals surface area (Å²) in [4.78, 5) is 20.9. The van der Waals surface area contributed by atoms with Gasteiger partial charge in [-0.2, -0.15) is 0 Å². The fourth-order valence-electron chi connectivity index (χ4n) is 0.537. The number of carbonyl (C=O) groups is 2. The highest BCUT2D eigenvalue weighted by Gasteiger charge is 2.00. The minimum Gasteiger partial charge on any atom is -0.368 e. The first kappa shape index (κ1) is 9.90. The van der Waals surface area contributed by atoms with Crippen LogP contribution in [0.5, 0.6) is 0 Å². The lowest BCUT2D eigenvalue weighted by Crippen LogP contribution is -2.33. The van der Waals surface area contributed by atoms with E-state index in [4.69, 9.17) is 11.5 Å². The van der Waals surface area contributed by atoms with Crippen LogP contribution in [0, 0.1) is 0 Å². The van der Waals surface area contributed by atoms with Crippen molar-refractivity contribution in [3.05, 3.63) is 0 Å². The summed E-state index contributed by atoms with van der Waals surface area (Å²) in [6.45, 7) is 0.382. The molecule has 0 saturated heterocycles. The van der Waals surface area contributed by atoms with Crippen LogP contribution in [0.15, 0.2) is 0 Å². The number of nitrogens with two attached hydrogens (primary N) is 2. The first-order valence-corrected chi connectivity index (χ1v) is 3.42. The fraction of sp³-hybridized carbons (Fsp3) is 0.667. The van der Waals surface area contributed by atoms with Crippen LogP contribution in [0.4, 0.5) is 0 Å². The van der Waals surface area contributed by atoms with E-state index >= 15 is 0 Å². The van der Waals surface area contributed by atoms with E-state index in [9.17, 15) is 9.59 Å². The van der Waals surface area contributed by atoms with Crippen molar-refractivity contribution in [2.24, 2.45) is 11.5 Å². The van der Waals surface area contributed by atoms with Crippen molar-refractivity contribution in [1.29, 1.82) is 0 Å². The molecule has 5 N–H and O–H groups in total. The zero-order valence-corrected chi connectivity index (χ0v) is 6.30. The Morgan fingerprint density at radius 1 is 1.36 bits per heavy atom. The summed E-state index contributed by atoms with van der Waals surface area (Å²) in [6.07, 6.45) is 0.981. The number of carbonyl (C=O) groups excluding carboxylic acids is 2. The summed E-state index contributed by atoms with van der Waals surface area (Å²) in [5.41, 5.74) is 9.95. The Kier molecular flexibility index (Phi) is 5.10. The Morgan fingerprint density at radius 2 is 2.00 bits per heavy atom. The maximum atomic E-state index is 10.7. The van der Waals surface area contributed by atoms with E-state index in [0.717, 1.165) is 0 Å². The number of hydrogen-bond donors (Lipinski definition) is 3. The molecular formula is C6H13N3O2. The van der Waals surface area contributed by atoms with Crippen molar-refractivity contribution in [2.75, 3.05) is 13.1 Å². The molecular weight excluding hydrogens is 146 g/mol. The molecule has 0 atom stereocenters. The highest BCUT2D eigenvalue weighted by molar-refractivity contribution is 5.83. The summed E-state index contributed by atoms with van der Waals surface area (Å²) in [7, 11) is 0. The standard InChI is InChI=1S/C6H13N3O2/c7-3-1-2-6(11)9-4-5(8)10/h1-4,7H2,(H2,8,10)(H,9,11). The molecule has 0 fully saturated rings. The van der Waals surface area contributed by atoms with Gasteiger partial charge in [0.25, 0.3) is 0 Å². The largest absolute Gasteiger partial charge is 0.368 e. The van der Waals surface area contributed by atoms with Crippen LogP contribution >= 0.6 is 0 Å². The van der Waals surface area contributed by atoms with Crippen molar-refractivity contribution >= 4 is 11.8 Å². The molecule has 0 aromatic rings. The van der Waals surface area contributed by atoms with Gasteiger partial charge in [-0.1, -0.05) is 0 Å². The maximum Gasteiger partial charge on any atom is 0.236 e. The second-order valence-electron chi connectivity index (χ2n) is 2.14. The van der Waals surface area contributed by atoms with Gasteiger partial charge in [-0.3, -0.25) is 9.59 Å². The van der Waals surface area contributed by atoms with Crippen LogP contribution in [-0.4, -0.2) is 24.9 Å². The Labute approximate surface area is 65.1 Å². The highest BCUT2D eigenvalue weighted by atomic mass is 16.2. The van der Waals surface area contributed by atoms with Crippen LogP contribution in [0.1, 0.15) is 12.8 Å². The summed E-state index contributed by atoms with van der Waals surface area (Å²) in [5.74, 6) is -0.722. The zero-order chi connectivity index (χ0) is 8.69. The normalized spacial score (nSPS) is 9.18. The molecule has 64 valence electrons. The first-order valence-electron chi connectivity index (χ1n) is 3.42. The molecule has 0 spiro atoms. The molecule has 0 aromatic heterocycles. The molecule has 0 radical (unpaired) electrons. The number of nitrogens with one attached hydrogen (secondary N) is 1. The van der Waals surface area contributed by atoms with Gasteiger partial charge in [0.1, 0.15) is 0 Å². The molecule has 0 aromatic carbocycles. The third-order valence-electron chi connectivity index (χ3n) is 1.07. The third kappa shape index (κ3) is 6.79. The quantitative estimate of drug-likeness (QED) is 0.447. The molecule has 0 aliphatic rings. The molecule has 0 heterocycles. The Balaban J connectivity index is 3.30. The van der Waals surface area contributed by atoms with Gasteiger partial charge in [0, 0.05) is 6.42 Å². The molecule has 2 amide bonds. The molecule has 5 nitrogen and oxygen atoms in total. The molecule has 5 heteroatoms. The topological polar surface area (TPSA) is 98.2 Å². The lowest BCUT2D eigenvalue weighted by molar-refractivity contribution is -0.124. The number of rotatable bonds is 5. The lowest BCUT2D eigenvalue weighted by atomic mass is 10.3. The second-order valence-corrected chi connectivity index (χ2v) is 2.14. The van der Waals surface area contributed by atoms with E-state index in [1.54, 1.807) is 0 Å². The summed E-state index contributed by atoms with van der Waals surface area (Å²) in [5, 5.41) is 2.35. The Hall–Kier alpha value is -1.10. The lowest BCUT2D eigenvalue weighted by Gasteiger charge is -2.00. The molecule has 0 rings (SSSR count). The van der Waals surface area contributed by atoms with Crippen LogP contribution in [0.25, 0.3) is 0 Å². The van der Waals surface area contributed by atoms with Gasteiger partial charge in [0.15, 0.2) is 0 Å². The van der Waals surface area contributed by atoms with E-state index < -0.39 is 5.91 Å². The van der Waals surface area contributed by atoms with E-state index in [1.165, 1.54) is 0 Å². The smallest absolute Gasteiger partial charge is 0.236 e. The maximum absolute atomic E-state index is 10.7. The molecule has 0 bridgehead atoms. The van der Waals surface area contributed by atoms with Gasteiger partial charge in [0.2, 0.25) is 11.8 Å². The summed E-state index contributed by atoms with van der Waals surface area (Å²) in [6, 6.07) is 0. The third-order valence-corrected chi connectivity index (χ3v) is 1.07. The van der Waals surface area contributed by atoms with E-state index in [-0.39, 0.29) is 12.5 Å². The van der Waals surface area contributed by atoms with Crippen LogP contribution in [0.3, 0.4) is 0 Å². The van der Waals surface area contributed by atoms with Crippen molar-refractivity contribution < 1.29 is 9.59 Å². The van der Waals surface area contributed by atoms with Crippen LogP contribution in [-0.2, 0) is 9.59 Å². The number of primary amides is 1. The van der Waals surface area contributed by atoms with Crippen LogP contribution < -0.4 is 16.8 Å². The summed E-state index contributed by atoms with van der Waals surface area (Å²) < 4.78 is 0. The minimum atomic E-state index is -0.536. The molecule has 0 unspecified atom stereocenters. The Bertz CT molecular complexity index is 147. The Morgan fingerprint density at radius 3 is 2.45 bits per heavy atom. The van der Waals surface area contributed by atoms with Crippen molar-refractivity contribution in [3.8, 4) is 0 Å². The van der Waals surface area contributed by atoms with E-state index in [1.807, 2.05) is 0 Å². The molecule has 11 heavy (non-hydrogen) atoms. The predicted molar refractivity (Wildman–Crippen MR) is 40.5 cm³/mol. The molecule has 0 aliphatic heterocycles. The van der Waals surface area contributed by atoms with Crippen molar-refractivity contribution in [3.63, 3.8) is 0 Å². The molecule has 0 aliphatic carbocycles. The summed E-state index contributed by atoms with van der Waals surface area (Å²) >= 11 is 0. The van der Waals surface area contributed by atoms with Gasteiger partial charge in [-0.15, -0.1) is 0 Å². The zero-order valence-electron chi connectivity index (χ0n) is 6.30. The monoisotopic (exact) mass is 159 g/mol. The first-order chi connectivity index (χ1) is 5.16. The van der Waals surface area contributed by atoms with Gasteiger partial charge < -0.3 is 16.8 Å². The average Bonchev–Trinajstić information content (AvgIpc) is 1.97. The van der Waals surface area contributed by atoms with Gasteiger partial charge in [-0.05, 0) is 13.0 Å². The van der Waals surface area contributed by atoms with E-state index in [0.29, 0.717) is 19.4 Å². The van der Waals surface area contributed by atoms with E-state index in [2.05, 4.69) is 5.32 Å². The molecule has 0 saturated carbocycles. The van der Waals surface area contributed by atoms with Gasteiger partial charge in [-0.25, -0.2) is 0 Å². The minimum absolute atomic E-state index is 0.0938. The van der Waals surface area contributed by atoms with Crippen molar-refractivity contribution in [2.45, 2.75) is 12.8 Å². The number of amides is 2. The van der Waals surface area contributed by atoms with Crippen molar-refractivity contribution in [1.82, 2.24) is 5.32 Å². The average molecular weight is 159 g/mol.